The number of hydrogen-bond donors (Lipinski definition) is 1. The molecule has 0 aliphatic carbocycles. The van der Waals surface area contributed by atoms with Crippen molar-refractivity contribution in [2.24, 2.45) is 5.92 Å². The normalized spacial score (nSPS) is 20.0. The Kier molecular flexibility index (Phi) is 4.61. The van der Waals surface area contributed by atoms with Crippen LogP contribution in [0.3, 0.4) is 0 Å². The van der Waals surface area contributed by atoms with E-state index in [-0.39, 0.29) is 5.76 Å². The maximum atomic E-state index is 10.9. The number of carboxylic acid groups (broad SMARTS) is 1. The van der Waals surface area contributed by atoms with Gasteiger partial charge in [0.25, 0.3) is 0 Å². The lowest BCUT2D eigenvalue weighted by atomic mass is 10.1. The van der Waals surface area contributed by atoms with E-state index in [1.807, 2.05) is 13.0 Å². The minimum Gasteiger partial charge on any atom is -0.475 e. The van der Waals surface area contributed by atoms with Crippen molar-refractivity contribution >= 4 is 5.97 Å². The van der Waals surface area contributed by atoms with Gasteiger partial charge < -0.3 is 14.3 Å². The Balaban J connectivity index is 1.88. The van der Waals surface area contributed by atoms with Crippen LogP contribution in [0.4, 0.5) is 0 Å². The van der Waals surface area contributed by atoms with Crippen molar-refractivity contribution in [3.63, 3.8) is 0 Å². The van der Waals surface area contributed by atoms with Crippen LogP contribution in [0.2, 0.25) is 0 Å². The number of furan rings is 1. The fourth-order valence-electron chi connectivity index (χ4n) is 2.54. The van der Waals surface area contributed by atoms with Crippen LogP contribution >= 0.6 is 0 Å². The second-order valence-electron chi connectivity index (χ2n) is 5.08. The van der Waals surface area contributed by atoms with E-state index in [2.05, 4.69) is 4.90 Å². The van der Waals surface area contributed by atoms with Gasteiger partial charge in [-0.3, -0.25) is 4.90 Å². The van der Waals surface area contributed by atoms with Crippen LogP contribution < -0.4 is 0 Å². The molecule has 0 saturated carbocycles. The van der Waals surface area contributed by atoms with Gasteiger partial charge >= 0.3 is 5.97 Å². The summed E-state index contributed by atoms with van der Waals surface area (Å²) < 4.78 is 10.8. The van der Waals surface area contributed by atoms with Crippen LogP contribution in [0.25, 0.3) is 0 Å². The van der Waals surface area contributed by atoms with E-state index in [0.29, 0.717) is 18.0 Å². The first-order valence-corrected chi connectivity index (χ1v) is 6.72. The number of rotatable bonds is 6. The predicted octanol–water partition coefficient (Wildman–Crippen LogP) is 2.14. The molecule has 1 aromatic rings. The molecule has 0 aromatic carbocycles. The Bertz CT molecular complexity index is 441. The van der Waals surface area contributed by atoms with Gasteiger partial charge in [0.2, 0.25) is 5.76 Å². The molecule has 0 bridgehead atoms. The summed E-state index contributed by atoms with van der Waals surface area (Å²) in [5.41, 5.74) is 0.688. The largest absolute Gasteiger partial charge is 0.475 e. The van der Waals surface area contributed by atoms with Gasteiger partial charge in [-0.2, -0.15) is 0 Å². The van der Waals surface area contributed by atoms with Gasteiger partial charge in [0, 0.05) is 18.7 Å². The van der Waals surface area contributed by atoms with Gasteiger partial charge in [-0.25, -0.2) is 4.79 Å². The zero-order chi connectivity index (χ0) is 13.8. The summed E-state index contributed by atoms with van der Waals surface area (Å²) in [6.45, 7) is 8.02. The molecule has 1 atom stereocenters. The van der Waals surface area contributed by atoms with E-state index >= 15 is 0 Å². The maximum Gasteiger partial charge on any atom is 0.372 e. The number of likely N-dealkylation sites (tertiary alicyclic amines) is 1. The summed E-state index contributed by atoms with van der Waals surface area (Å²) in [5, 5.41) is 8.96. The molecule has 1 aliphatic rings. The molecule has 2 rings (SSSR count). The van der Waals surface area contributed by atoms with E-state index in [1.165, 1.54) is 0 Å². The number of nitrogens with zero attached hydrogens (tertiary/aromatic N) is 1. The fourth-order valence-corrected chi connectivity index (χ4v) is 2.54. The highest BCUT2D eigenvalue weighted by Gasteiger charge is 2.24. The van der Waals surface area contributed by atoms with Gasteiger partial charge in [-0.1, -0.05) is 0 Å². The zero-order valence-electron chi connectivity index (χ0n) is 11.5. The molecule has 1 saturated heterocycles. The highest BCUT2D eigenvalue weighted by molar-refractivity contribution is 5.86. The minimum atomic E-state index is -1.00. The monoisotopic (exact) mass is 267 g/mol. The molecule has 2 heterocycles. The second kappa shape index (κ2) is 6.21. The average Bonchev–Trinajstić information content (AvgIpc) is 2.94. The quantitative estimate of drug-likeness (QED) is 0.855. The van der Waals surface area contributed by atoms with Crippen molar-refractivity contribution in [1.29, 1.82) is 0 Å². The number of aromatic carboxylic acids is 1. The standard InChI is InChI=1S/C14H21NO4/c1-3-18-9-11-4-5-15(7-11)8-12-6-10(2)13(19-12)14(16)17/h6,11H,3-5,7-9H2,1-2H3,(H,16,17). The van der Waals surface area contributed by atoms with Gasteiger partial charge in [-0.05, 0) is 38.8 Å². The second-order valence-corrected chi connectivity index (χ2v) is 5.08. The van der Waals surface area contributed by atoms with Crippen LogP contribution in [0.15, 0.2) is 10.5 Å². The van der Waals surface area contributed by atoms with Crippen LogP contribution in [0.5, 0.6) is 0 Å². The molecule has 5 heteroatoms. The third kappa shape index (κ3) is 3.58. The van der Waals surface area contributed by atoms with Crippen molar-refractivity contribution in [2.45, 2.75) is 26.8 Å². The van der Waals surface area contributed by atoms with Crippen molar-refractivity contribution in [3.05, 3.63) is 23.2 Å². The summed E-state index contributed by atoms with van der Waals surface area (Å²) in [5.74, 6) is 0.362. The number of carbonyl (C=O) groups is 1. The Morgan fingerprint density at radius 3 is 3.05 bits per heavy atom. The van der Waals surface area contributed by atoms with Crippen LogP contribution in [-0.4, -0.2) is 42.3 Å². The molecule has 0 amide bonds. The number of carboxylic acids is 1. The highest BCUT2D eigenvalue weighted by atomic mass is 16.5. The Labute approximate surface area is 113 Å². The lowest BCUT2D eigenvalue weighted by molar-refractivity contribution is 0.0657. The summed E-state index contributed by atoms with van der Waals surface area (Å²) in [4.78, 5) is 13.2. The first-order chi connectivity index (χ1) is 9.10. The Hall–Kier alpha value is -1.33. The molecule has 106 valence electrons. The molecule has 0 radical (unpaired) electrons. The van der Waals surface area contributed by atoms with Crippen molar-refractivity contribution in [1.82, 2.24) is 4.90 Å². The molecule has 19 heavy (non-hydrogen) atoms. The van der Waals surface area contributed by atoms with E-state index in [9.17, 15) is 4.79 Å². The third-order valence-corrected chi connectivity index (χ3v) is 3.47. The zero-order valence-corrected chi connectivity index (χ0v) is 11.5. The van der Waals surface area contributed by atoms with E-state index in [1.54, 1.807) is 6.92 Å². The summed E-state index contributed by atoms with van der Waals surface area (Å²) in [6.07, 6.45) is 1.13. The minimum absolute atomic E-state index is 0.0556. The number of ether oxygens (including phenoxy) is 1. The van der Waals surface area contributed by atoms with E-state index < -0.39 is 5.97 Å². The lowest BCUT2D eigenvalue weighted by Crippen LogP contribution is -2.21. The molecule has 1 aromatic heterocycles. The first kappa shape index (κ1) is 14.1. The smallest absolute Gasteiger partial charge is 0.372 e. The van der Waals surface area contributed by atoms with Gasteiger partial charge in [0.05, 0.1) is 13.2 Å². The molecule has 0 spiro atoms. The van der Waals surface area contributed by atoms with Gasteiger partial charge in [0.1, 0.15) is 5.76 Å². The van der Waals surface area contributed by atoms with Crippen LogP contribution in [-0.2, 0) is 11.3 Å². The number of aryl methyl sites for hydroxylation is 1. The van der Waals surface area contributed by atoms with E-state index in [0.717, 1.165) is 38.5 Å². The number of hydrogen-bond acceptors (Lipinski definition) is 4. The van der Waals surface area contributed by atoms with Crippen molar-refractivity contribution in [3.8, 4) is 0 Å². The van der Waals surface area contributed by atoms with Crippen molar-refractivity contribution < 1.29 is 19.1 Å². The summed E-state index contributed by atoms with van der Waals surface area (Å²) >= 11 is 0. The average molecular weight is 267 g/mol. The Morgan fingerprint density at radius 2 is 2.42 bits per heavy atom. The fraction of sp³-hybridized carbons (Fsp3) is 0.643. The summed E-state index contributed by atoms with van der Waals surface area (Å²) in [6, 6.07) is 1.82. The summed E-state index contributed by atoms with van der Waals surface area (Å²) in [7, 11) is 0. The lowest BCUT2D eigenvalue weighted by Gasteiger charge is -2.14. The molecule has 1 fully saturated rings. The van der Waals surface area contributed by atoms with Crippen molar-refractivity contribution in [2.75, 3.05) is 26.3 Å². The van der Waals surface area contributed by atoms with Gasteiger partial charge in [0.15, 0.2) is 0 Å². The van der Waals surface area contributed by atoms with Gasteiger partial charge in [-0.15, -0.1) is 0 Å². The Morgan fingerprint density at radius 1 is 1.63 bits per heavy atom. The first-order valence-electron chi connectivity index (χ1n) is 6.72. The maximum absolute atomic E-state index is 10.9. The predicted molar refractivity (Wildman–Crippen MR) is 70.3 cm³/mol. The van der Waals surface area contributed by atoms with E-state index in [4.69, 9.17) is 14.3 Å². The van der Waals surface area contributed by atoms with Crippen LogP contribution in [0, 0.1) is 12.8 Å². The third-order valence-electron chi connectivity index (χ3n) is 3.47. The topological polar surface area (TPSA) is 62.9 Å². The van der Waals surface area contributed by atoms with Crippen LogP contribution in [0.1, 0.15) is 35.2 Å². The molecule has 1 unspecified atom stereocenters. The molecule has 5 nitrogen and oxygen atoms in total. The molecule has 1 N–H and O–H groups in total. The SMILES string of the molecule is CCOCC1CCN(Cc2cc(C)c(C(=O)O)o2)C1. The highest BCUT2D eigenvalue weighted by Crippen LogP contribution is 2.21. The molecule has 1 aliphatic heterocycles. The molecular weight excluding hydrogens is 246 g/mol. The molecular formula is C14H21NO4.